The van der Waals surface area contributed by atoms with Crippen molar-refractivity contribution in [2.24, 2.45) is 0 Å². The molecule has 0 aromatic heterocycles. The first-order chi connectivity index (χ1) is 63.4. The molecule has 0 atom stereocenters. The summed E-state index contributed by atoms with van der Waals surface area (Å²) in [5, 5.41) is 2.87. The molecule has 744 valence electrons. The van der Waals surface area contributed by atoms with Crippen molar-refractivity contribution >= 4 is 35.7 Å². The fourth-order valence-corrected chi connectivity index (χ4v) is 20.7. The first-order valence-corrected chi connectivity index (χ1v) is 60.2. The molecule has 3 heteroatoms. The number of benzene rings is 2. The molecule has 0 spiro atoms. The molecule has 2 nitrogen and oxygen atoms in total. The van der Waals surface area contributed by atoms with Crippen LogP contribution in [0, 0.1) is 0 Å². The Morgan fingerprint density at radius 1 is 0.188 bits per heavy atom. The van der Waals surface area contributed by atoms with E-state index in [1.54, 1.807) is 4.70 Å². The van der Waals surface area contributed by atoms with Crippen LogP contribution in [0.3, 0.4) is 0 Å². The van der Waals surface area contributed by atoms with Gasteiger partial charge in [-0.1, -0.05) is 470 Å². The monoisotopic (exact) mass is 1810 g/mol. The summed E-state index contributed by atoms with van der Waals surface area (Å²) < 4.78 is 1.65. The summed E-state index contributed by atoms with van der Waals surface area (Å²) in [6, 6.07) is 14.3. The van der Waals surface area contributed by atoms with Gasteiger partial charge in [0.2, 0.25) is 11.4 Å². The van der Waals surface area contributed by atoms with E-state index in [9.17, 15) is 5.53 Å². The smallest absolute Gasteiger partial charge is 0.0654 e. The van der Waals surface area contributed by atoms with E-state index in [-0.39, 0.29) is 0 Å². The second-order valence-corrected chi connectivity index (χ2v) is 42.2. The van der Waals surface area contributed by atoms with E-state index in [1.807, 2.05) is 0 Å². The second kappa shape index (κ2) is 98.5. The Morgan fingerprint density at radius 3 is 0.531 bits per heavy atom. The molecule has 0 aliphatic carbocycles. The van der Waals surface area contributed by atoms with Crippen LogP contribution < -0.4 is 0 Å². The Morgan fingerprint density at radius 2 is 0.344 bits per heavy atom. The summed E-state index contributed by atoms with van der Waals surface area (Å²) in [6.07, 6.45) is 146. The fraction of sp³-hybridized carbons (Fsp3) is 0.808. The summed E-state index contributed by atoms with van der Waals surface area (Å²) in [5.41, 5.74) is 25.0. The van der Waals surface area contributed by atoms with Crippen molar-refractivity contribution in [3.63, 3.8) is 0 Å². The number of rotatable bonds is 99. The first-order valence-electron chi connectivity index (χ1n) is 58.8. The second-order valence-electron chi connectivity index (χ2n) is 40.7. The third-order valence-electron chi connectivity index (χ3n) is 28.0. The van der Waals surface area contributed by atoms with Crippen LogP contribution in [0.1, 0.15) is 673 Å². The summed E-state index contributed by atoms with van der Waals surface area (Å²) in [6.45, 7) is 18.5. The zero-order valence-corrected chi connectivity index (χ0v) is 89.0. The minimum absolute atomic E-state index is 0.972. The Hall–Kier alpha value is -3.03. The number of allylic oxidation sites excluding steroid dienone is 6. The van der Waals surface area contributed by atoms with E-state index < -0.39 is 0 Å². The van der Waals surface area contributed by atoms with Gasteiger partial charge >= 0.3 is 166 Å². The van der Waals surface area contributed by atoms with E-state index in [0.29, 0.717) is 0 Å². The number of nitrogens with zero attached hydrogens (tertiary/aromatic N) is 2. The molecule has 0 N–H and O–H groups in total. The Balaban J connectivity index is 0.000000923. The summed E-state index contributed by atoms with van der Waals surface area (Å²) in [4.78, 5) is 0. The van der Waals surface area contributed by atoms with Crippen molar-refractivity contribution in [3.05, 3.63) is 111 Å². The van der Waals surface area contributed by atoms with Gasteiger partial charge in [0.15, 0.2) is 0 Å². The Labute approximate surface area is 810 Å². The van der Waals surface area contributed by atoms with Gasteiger partial charge in [0.1, 0.15) is 0 Å². The standard InChI is InChI=1S/C73H118N2.2C26H53.Ni/c1-7-13-19-23-27-31-35-39-43-48-52-64-58-65(53-49-44-40-36-32-28-24-20-14-8-2)61-68(60-64)72-70(56-18-12-6)71(57-47-17-11-5)73(75(72)74)69-62-66(54-50-45-41-37-33-29-25-21-15-9-3)59-67(63-69)55-51-46-42-38-34-30-26-22-16-10-4;2*1-3-5-7-9-11-13-15-17-19-21-23-25-26-24-22-20-18-16-14-12-10-8-6-4-2;/h48-55,58-63H,7-47,56-57H2,1-6H3;2*1,3-26H2,2H3;. The van der Waals surface area contributed by atoms with Crippen LogP contribution in [0.5, 0.6) is 0 Å². The van der Waals surface area contributed by atoms with Crippen LogP contribution in [0.2, 0.25) is 10.8 Å². The van der Waals surface area contributed by atoms with E-state index >= 15 is 0 Å². The SMILES string of the molecule is CCCCCCCCCCC=Cc1cc(C=CCCCCCCCCCC)cc(C2=C(CCCC)C(CCCCC)=C(c3cc(C=CCCCCCCCCCC)cc(C=CCCCCCCCCCC)c3)[N+]2=[N-])c1.CCCCCCCCCCCCCCCCCCCCCCCCC[CH2][Ni][CH2]CCCCCCCCCCCCCCCCCCCCCCCCC. The van der Waals surface area contributed by atoms with Gasteiger partial charge in [0.05, 0.1) is 0 Å². The third kappa shape index (κ3) is 75.2. The van der Waals surface area contributed by atoms with Gasteiger partial charge in [-0.15, -0.1) is 0 Å². The van der Waals surface area contributed by atoms with Gasteiger partial charge in [-0.2, -0.15) is 0 Å². The summed E-state index contributed by atoms with van der Waals surface area (Å²) >= 11 is 2.05. The van der Waals surface area contributed by atoms with Crippen LogP contribution in [0.15, 0.2) is 71.8 Å². The van der Waals surface area contributed by atoms with Crippen molar-refractivity contribution in [1.82, 2.24) is 0 Å². The summed E-state index contributed by atoms with van der Waals surface area (Å²) in [7, 11) is 0. The first kappa shape index (κ1) is 121. The minimum Gasteiger partial charge on any atom is -0.0654 e. The molecule has 128 heavy (non-hydrogen) atoms. The number of hydrogen-bond donors (Lipinski definition) is 0. The zero-order chi connectivity index (χ0) is 91.7. The maximum atomic E-state index is 13.0. The number of hydrogen-bond acceptors (Lipinski definition) is 0. The molecule has 0 bridgehead atoms. The minimum atomic E-state index is 0.972. The quantitative estimate of drug-likeness (QED) is 0.0358. The molecular weight excluding hydrogens is 1590 g/mol. The molecule has 0 amide bonds. The number of unbranched alkanes of at least 4 members (excludes halogenated alkanes) is 81. The van der Waals surface area contributed by atoms with Crippen LogP contribution >= 0.6 is 0 Å². The Kier molecular flexibility index (Phi) is 93.1. The van der Waals surface area contributed by atoms with Gasteiger partial charge in [0, 0.05) is 22.3 Å². The van der Waals surface area contributed by atoms with Crippen LogP contribution in [0.25, 0.3) is 41.2 Å². The van der Waals surface area contributed by atoms with E-state index in [4.69, 9.17) is 0 Å². The van der Waals surface area contributed by atoms with Crippen molar-refractivity contribution in [3.8, 4) is 0 Å². The van der Waals surface area contributed by atoms with Crippen molar-refractivity contribution in [1.29, 1.82) is 0 Å². The molecule has 2 aromatic rings. The topological polar surface area (TPSA) is 25.3 Å². The molecular formula is C125H224N2Ni. The molecule has 2 aromatic carbocycles. The van der Waals surface area contributed by atoms with Crippen molar-refractivity contribution < 1.29 is 19.1 Å². The molecule has 3 rings (SSSR count). The molecule has 1 heterocycles. The maximum absolute atomic E-state index is 13.0. The van der Waals surface area contributed by atoms with Gasteiger partial charge in [0.25, 0.3) is 0 Å². The predicted octanol–water partition coefficient (Wildman–Crippen LogP) is 46.5. The molecule has 0 saturated heterocycles. The van der Waals surface area contributed by atoms with Crippen LogP contribution in [-0.4, -0.2) is 4.70 Å². The van der Waals surface area contributed by atoms with E-state index in [0.717, 1.165) is 80.3 Å². The molecule has 1 aliphatic rings. The molecule has 0 fully saturated rings. The molecule has 0 unspecified atom stereocenters. The van der Waals surface area contributed by atoms with Gasteiger partial charge in [-0.05, 0) is 136 Å². The average molecular weight is 1810 g/mol. The van der Waals surface area contributed by atoms with E-state index in [2.05, 4.69) is 155 Å². The third-order valence-corrected chi connectivity index (χ3v) is 29.4. The predicted molar refractivity (Wildman–Crippen MR) is 582 cm³/mol. The normalized spacial score (nSPS) is 12.7. The van der Waals surface area contributed by atoms with Crippen LogP contribution in [0.4, 0.5) is 0 Å². The van der Waals surface area contributed by atoms with Gasteiger partial charge in [-0.25, -0.2) is 4.70 Å². The molecule has 0 saturated carbocycles. The summed E-state index contributed by atoms with van der Waals surface area (Å²) in [5.74, 6) is 0. The fourth-order valence-electron chi connectivity index (χ4n) is 19.5. The Bertz CT molecular complexity index is 2710. The van der Waals surface area contributed by atoms with Crippen molar-refractivity contribution in [2.45, 2.75) is 650 Å². The van der Waals surface area contributed by atoms with Crippen LogP contribution in [-0.2, 0) is 14.4 Å². The molecule has 0 radical (unpaired) electrons. The van der Waals surface area contributed by atoms with Crippen molar-refractivity contribution in [2.75, 3.05) is 0 Å². The molecule has 1 aliphatic heterocycles. The average Bonchev–Trinajstić information content (AvgIpc) is 1.60. The van der Waals surface area contributed by atoms with E-state index in [1.165, 1.54) is 571 Å². The zero-order valence-electron chi connectivity index (χ0n) is 88.1. The van der Waals surface area contributed by atoms with Gasteiger partial charge in [-0.3, -0.25) is 0 Å². The van der Waals surface area contributed by atoms with Gasteiger partial charge < -0.3 is 5.53 Å².